The van der Waals surface area contributed by atoms with Crippen molar-refractivity contribution in [2.24, 2.45) is 5.73 Å². The van der Waals surface area contributed by atoms with Crippen LogP contribution in [0.25, 0.3) is 0 Å². The molecule has 3 heterocycles. The fourth-order valence-electron chi connectivity index (χ4n) is 4.16. The molecule has 2 aliphatic rings. The van der Waals surface area contributed by atoms with Crippen LogP contribution < -0.4 is 26.6 Å². The van der Waals surface area contributed by atoms with E-state index in [0.717, 1.165) is 49.7 Å². The molecule has 34 heavy (non-hydrogen) atoms. The first-order valence-electron chi connectivity index (χ1n) is 11.7. The summed E-state index contributed by atoms with van der Waals surface area (Å²) >= 11 is 1.45. The number of hydrogen-bond acceptors (Lipinski definition) is 8. The quantitative estimate of drug-likeness (QED) is 0.397. The largest absolute Gasteiger partial charge is 0.352 e. The van der Waals surface area contributed by atoms with E-state index >= 15 is 0 Å². The Hall–Kier alpha value is -2.60. The monoisotopic (exact) mass is 489 g/mol. The lowest BCUT2D eigenvalue weighted by Gasteiger charge is -2.33. The van der Waals surface area contributed by atoms with Crippen molar-refractivity contribution >= 4 is 34.0 Å². The first kappa shape index (κ1) is 24.5. The molecule has 1 aromatic heterocycles. The molecule has 0 aliphatic carbocycles. The van der Waals surface area contributed by atoms with Crippen LogP contribution in [0.1, 0.15) is 45.7 Å². The van der Waals surface area contributed by atoms with E-state index in [-0.39, 0.29) is 30.9 Å². The van der Waals surface area contributed by atoms with Gasteiger partial charge in [0.2, 0.25) is 0 Å². The van der Waals surface area contributed by atoms with Crippen LogP contribution in [0.15, 0.2) is 23.6 Å². The van der Waals surface area contributed by atoms with E-state index < -0.39 is 6.67 Å². The number of nitrogens with one attached hydrogen (secondary N) is 3. The molecule has 1 aromatic carbocycles. The van der Waals surface area contributed by atoms with E-state index in [2.05, 4.69) is 30.7 Å². The number of rotatable bonds is 9. The van der Waals surface area contributed by atoms with Crippen LogP contribution in [0.2, 0.25) is 0 Å². The summed E-state index contributed by atoms with van der Waals surface area (Å²) in [5.74, 6) is -0.720. The van der Waals surface area contributed by atoms with Crippen LogP contribution in [0.4, 0.5) is 15.2 Å². The van der Waals surface area contributed by atoms with E-state index in [1.807, 2.05) is 6.07 Å². The number of aromatic nitrogens is 1. The molecule has 2 aliphatic heterocycles. The first-order valence-corrected chi connectivity index (χ1v) is 12.6. The third-order valence-electron chi connectivity index (χ3n) is 6.06. The molecule has 2 saturated heterocycles. The molecular formula is C23H32FN7O2S. The Bertz CT molecular complexity index is 995. The van der Waals surface area contributed by atoms with Crippen molar-refractivity contribution < 1.29 is 14.0 Å². The highest BCUT2D eigenvalue weighted by molar-refractivity contribution is 7.14. The van der Waals surface area contributed by atoms with Gasteiger partial charge in [-0.2, -0.15) is 0 Å². The molecule has 2 fully saturated rings. The van der Waals surface area contributed by atoms with Crippen molar-refractivity contribution in [3.05, 3.63) is 40.4 Å². The molecular weight excluding hydrogens is 457 g/mol. The van der Waals surface area contributed by atoms with Crippen molar-refractivity contribution in [1.29, 1.82) is 0 Å². The van der Waals surface area contributed by atoms with Crippen molar-refractivity contribution in [1.82, 2.24) is 20.5 Å². The summed E-state index contributed by atoms with van der Waals surface area (Å²) in [5.41, 5.74) is 8.17. The summed E-state index contributed by atoms with van der Waals surface area (Å²) in [5, 5.41) is 11.4. The minimum atomic E-state index is -0.506. The third kappa shape index (κ3) is 6.09. The van der Waals surface area contributed by atoms with Gasteiger partial charge >= 0.3 is 0 Å². The highest BCUT2D eigenvalue weighted by Crippen LogP contribution is 2.26. The Labute approximate surface area is 202 Å². The van der Waals surface area contributed by atoms with Gasteiger partial charge in [-0.1, -0.05) is 6.07 Å². The molecule has 5 N–H and O–H groups in total. The van der Waals surface area contributed by atoms with Crippen LogP contribution >= 0.6 is 11.3 Å². The van der Waals surface area contributed by atoms with Crippen molar-refractivity contribution in [2.75, 3.05) is 56.2 Å². The van der Waals surface area contributed by atoms with Crippen LogP contribution in [-0.4, -0.2) is 73.8 Å². The maximum atomic E-state index is 12.9. The number of hydrogen-bond donors (Lipinski definition) is 4. The van der Waals surface area contributed by atoms with Gasteiger partial charge in [0.05, 0.1) is 24.1 Å². The second-order valence-corrected chi connectivity index (χ2v) is 9.42. The number of carbonyl (C=O) groups is 2. The number of piperazine rings is 1. The Kier molecular flexibility index (Phi) is 8.44. The summed E-state index contributed by atoms with van der Waals surface area (Å²) in [7, 11) is 0. The Morgan fingerprint density at radius 2 is 2.06 bits per heavy atom. The number of halogens is 1. The van der Waals surface area contributed by atoms with Gasteiger partial charge in [0.25, 0.3) is 11.8 Å². The van der Waals surface area contributed by atoms with E-state index in [9.17, 15) is 14.0 Å². The maximum Gasteiger partial charge on any atom is 0.275 e. The number of nitrogens with two attached hydrogens (primary N) is 1. The molecule has 0 unspecified atom stereocenters. The summed E-state index contributed by atoms with van der Waals surface area (Å²) in [6, 6.07) is 5.39. The minimum absolute atomic E-state index is 0.107. The molecule has 9 nitrogen and oxygen atoms in total. The molecule has 0 saturated carbocycles. The van der Waals surface area contributed by atoms with Gasteiger partial charge in [-0.15, -0.1) is 11.3 Å². The third-order valence-corrected chi connectivity index (χ3v) is 6.96. The van der Waals surface area contributed by atoms with Gasteiger partial charge in [-0.05, 0) is 37.0 Å². The zero-order valence-corrected chi connectivity index (χ0v) is 20.0. The fourth-order valence-corrected chi connectivity index (χ4v) is 5.02. The van der Waals surface area contributed by atoms with E-state index in [4.69, 9.17) is 5.73 Å². The van der Waals surface area contributed by atoms with Gasteiger partial charge in [-0.25, -0.2) is 4.98 Å². The Balaban J connectivity index is 1.51. The average Bonchev–Trinajstić information content (AvgIpc) is 3.54. The number of alkyl halides is 1. The minimum Gasteiger partial charge on any atom is -0.352 e. The smallest absolute Gasteiger partial charge is 0.275 e. The number of benzene rings is 1. The second-order valence-electron chi connectivity index (χ2n) is 8.58. The topological polar surface area (TPSA) is 116 Å². The molecule has 0 spiro atoms. The zero-order valence-electron chi connectivity index (χ0n) is 19.2. The first-order chi connectivity index (χ1) is 16.5. The lowest BCUT2D eigenvalue weighted by atomic mass is 10.1. The molecule has 1 atom stereocenters. The summed E-state index contributed by atoms with van der Waals surface area (Å²) in [4.78, 5) is 34.6. The van der Waals surface area contributed by atoms with Gasteiger partial charge < -0.3 is 26.6 Å². The van der Waals surface area contributed by atoms with Gasteiger partial charge in [0, 0.05) is 51.2 Å². The number of amides is 2. The van der Waals surface area contributed by atoms with Gasteiger partial charge in [-0.3, -0.25) is 18.9 Å². The highest BCUT2D eigenvalue weighted by Gasteiger charge is 2.22. The number of thiazole rings is 1. The number of nitrogens with zero attached hydrogens (tertiary/aromatic N) is 3. The van der Waals surface area contributed by atoms with Crippen molar-refractivity contribution in [3.8, 4) is 0 Å². The molecule has 2 aromatic rings. The van der Waals surface area contributed by atoms with E-state index in [0.29, 0.717) is 30.0 Å². The molecule has 2 amide bonds. The summed E-state index contributed by atoms with van der Waals surface area (Å²) in [6.07, 6.45) is 2.39. The van der Waals surface area contributed by atoms with Crippen LogP contribution in [0.3, 0.4) is 0 Å². The average molecular weight is 490 g/mol. The standard InChI is InChI=1S/C23H32FN7O2S/c24-6-3-7-27-21(32)17-12-16(14-31-11-8-26-13-20(31)25)4-5-18(17)28-22(33)19-15-34-23(29-19)30-9-1-2-10-30/h4-5,12,15,20,26H,1-3,6-11,13-14,25H2,(H,27,32)(H,28,33)/t20-/m1/s1. The molecule has 0 bridgehead atoms. The summed E-state index contributed by atoms with van der Waals surface area (Å²) < 4.78 is 12.5. The Morgan fingerprint density at radius 3 is 2.82 bits per heavy atom. The fraction of sp³-hybridized carbons (Fsp3) is 0.522. The normalized spacial score (nSPS) is 18.8. The van der Waals surface area contributed by atoms with Crippen LogP contribution in [0.5, 0.6) is 0 Å². The second kappa shape index (κ2) is 11.7. The number of carbonyl (C=O) groups excluding carboxylic acids is 2. The Morgan fingerprint density at radius 1 is 1.24 bits per heavy atom. The zero-order chi connectivity index (χ0) is 23.9. The highest BCUT2D eigenvalue weighted by atomic mass is 32.1. The van der Waals surface area contributed by atoms with E-state index in [1.165, 1.54) is 11.3 Å². The summed E-state index contributed by atoms with van der Waals surface area (Å²) in [6.45, 7) is 4.58. The lowest BCUT2D eigenvalue weighted by Crippen LogP contribution is -2.55. The van der Waals surface area contributed by atoms with E-state index in [1.54, 1.807) is 17.5 Å². The predicted molar refractivity (Wildman–Crippen MR) is 132 cm³/mol. The molecule has 0 radical (unpaired) electrons. The SMILES string of the molecule is N[C@H]1CNCCN1Cc1ccc(NC(=O)c2csc(N3CCCC3)n2)c(C(=O)NCCCF)c1. The molecule has 4 rings (SSSR count). The predicted octanol–water partition coefficient (Wildman–Crippen LogP) is 1.77. The molecule has 11 heteroatoms. The maximum absolute atomic E-state index is 12.9. The molecule has 184 valence electrons. The van der Waals surface area contributed by atoms with Crippen LogP contribution in [0, 0.1) is 0 Å². The lowest BCUT2D eigenvalue weighted by molar-refractivity contribution is 0.0953. The van der Waals surface area contributed by atoms with Crippen molar-refractivity contribution in [2.45, 2.75) is 32.0 Å². The van der Waals surface area contributed by atoms with Crippen molar-refractivity contribution in [3.63, 3.8) is 0 Å². The van der Waals surface area contributed by atoms with Gasteiger partial charge in [0.15, 0.2) is 5.13 Å². The number of anilines is 2. The van der Waals surface area contributed by atoms with Crippen LogP contribution in [-0.2, 0) is 6.54 Å². The van der Waals surface area contributed by atoms with Gasteiger partial charge in [0.1, 0.15) is 5.69 Å².